The molecule has 1 saturated heterocycles. The molecule has 1 aliphatic heterocycles. The van der Waals surface area contributed by atoms with Crippen LogP contribution in [0.5, 0.6) is 0 Å². The predicted molar refractivity (Wildman–Crippen MR) is 76.7 cm³/mol. The average Bonchev–Trinajstić information content (AvgIpc) is 2.98. The first-order chi connectivity index (χ1) is 9.30. The second-order valence-corrected chi connectivity index (χ2v) is 8.48. The van der Waals surface area contributed by atoms with E-state index in [0.717, 1.165) is 30.8 Å². The van der Waals surface area contributed by atoms with E-state index in [0.29, 0.717) is 12.5 Å². The van der Waals surface area contributed by atoms with Crippen LogP contribution in [0.25, 0.3) is 0 Å². The summed E-state index contributed by atoms with van der Waals surface area (Å²) in [7, 11) is -0.0165. The topological polar surface area (TPSA) is 77.9 Å². The van der Waals surface area contributed by atoms with E-state index in [1.165, 1.54) is 16.4 Å². The highest BCUT2D eigenvalue weighted by Crippen LogP contribution is 2.26. The van der Waals surface area contributed by atoms with Gasteiger partial charge in [-0.25, -0.2) is 13.2 Å². The zero-order chi connectivity index (χ0) is 14.9. The Hall–Kier alpha value is -0.960. The molecule has 0 saturated carbocycles. The van der Waals surface area contributed by atoms with Crippen molar-refractivity contribution in [3.63, 3.8) is 0 Å². The summed E-state index contributed by atoms with van der Waals surface area (Å²) in [5.41, 5.74) is 0. The quantitative estimate of drug-likeness (QED) is 0.877. The van der Waals surface area contributed by atoms with Crippen LogP contribution in [0.3, 0.4) is 0 Å². The standard InChI is InChI=1S/C12H18N2O4S2/c1-13-6-5-9(7-13)8-14(2)20(17,18)11-4-3-10(19-11)12(15)16/h3-4,9H,5-8H2,1-2H3,(H,15,16). The summed E-state index contributed by atoms with van der Waals surface area (Å²) in [5, 5.41) is 8.86. The summed E-state index contributed by atoms with van der Waals surface area (Å²) in [4.78, 5) is 13.0. The Labute approximate surface area is 122 Å². The fourth-order valence-electron chi connectivity index (χ4n) is 2.36. The van der Waals surface area contributed by atoms with Gasteiger partial charge in [0.05, 0.1) is 0 Å². The number of likely N-dealkylation sites (tertiary alicyclic amines) is 1. The number of aromatic carboxylic acids is 1. The molecule has 20 heavy (non-hydrogen) atoms. The third kappa shape index (κ3) is 3.20. The summed E-state index contributed by atoms with van der Waals surface area (Å²) in [6.45, 7) is 2.35. The lowest BCUT2D eigenvalue weighted by Crippen LogP contribution is -2.32. The van der Waals surface area contributed by atoms with E-state index in [1.807, 2.05) is 7.05 Å². The van der Waals surface area contributed by atoms with Crippen LogP contribution in [0, 0.1) is 5.92 Å². The van der Waals surface area contributed by atoms with Crippen molar-refractivity contribution in [1.29, 1.82) is 0 Å². The first kappa shape index (κ1) is 15.4. The summed E-state index contributed by atoms with van der Waals surface area (Å²) in [6, 6.07) is 2.69. The fraction of sp³-hybridized carbons (Fsp3) is 0.583. The van der Waals surface area contributed by atoms with Gasteiger partial charge in [0.1, 0.15) is 9.09 Å². The van der Waals surface area contributed by atoms with Gasteiger partial charge < -0.3 is 10.0 Å². The van der Waals surface area contributed by atoms with Gasteiger partial charge in [-0.1, -0.05) is 0 Å². The van der Waals surface area contributed by atoms with E-state index in [-0.39, 0.29) is 9.09 Å². The van der Waals surface area contributed by atoms with Crippen LogP contribution in [0.2, 0.25) is 0 Å². The molecule has 6 nitrogen and oxygen atoms in total. The van der Waals surface area contributed by atoms with Gasteiger partial charge in [-0.15, -0.1) is 11.3 Å². The maximum absolute atomic E-state index is 12.4. The Morgan fingerprint density at radius 3 is 2.75 bits per heavy atom. The van der Waals surface area contributed by atoms with Gasteiger partial charge in [-0.2, -0.15) is 4.31 Å². The SMILES string of the molecule is CN1CCC(CN(C)S(=O)(=O)c2ccc(C(=O)O)s2)C1. The molecule has 2 heterocycles. The van der Waals surface area contributed by atoms with Gasteiger partial charge in [-0.3, -0.25) is 0 Å². The van der Waals surface area contributed by atoms with Gasteiger partial charge in [0.2, 0.25) is 0 Å². The molecular weight excluding hydrogens is 300 g/mol. The number of thiophene rings is 1. The lowest BCUT2D eigenvalue weighted by molar-refractivity contribution is 0.0702. The fourth-order valence-corrected chi connectivity index (χ4v) is 4.97. The van der Waals surface area contributed by atoms with Crippen molar-refractivity contribution in [2.24, 2.45) is 5.92 Å². The van der Waals surface area contributed by atoms with Crippen LogP contribution in [-0.2, 0) is 10.0 Å². The van der Waals surface area contributed by atoms with E-state index < -0.39 is 16.0 Å². The Balaban J connectivity index is 2.10. The smallest absolute Gasteiger partial charge is 0.345 e. The van der Waals surface area contributed by atoms with Gasteiger partial charge in [-0.05, 0) is 38.1 Å². The van der Waals surface area contributed by atoms with Crippen LogP contribution >= 0.6 is 11.3 Å². The van der Waals surface area contributed by atoms with Gasteiger partial charge >= 0.3 is 5.97 Å². The van der Waals surface area contributed by atoms with E-state index in [4.69, 9.17) is 5.11 Å². The normalized spacial score (nSPS) is 20.6. The molecule has 1 aromatic rings. The molecule has 0 aliphatic carbocycles. The largest absolute Gasteiger partial charge is 0.477 e. The van der Waals surface area contributed by atoms with Gasteiger partial charge in [0, 0.05) is 20.1 Å². The highest BCUT2D eigenvalue weighted by molar-refractivity contribution is 7.91. The van der Waals surface area contributed by atoms with E-state index in [2.05, 4.69) is 4.90 Å². The second kappa shape index (κ2) is 5.80. The molecule has 1 unspecified atom stereocenters. The predicted octanol–water partition coefficient (Wildman–Crippen LogP) is 1.02. The van der Waals surface area contributed by atoms with Gasteiger partial charge in [0.25, 0.3) is 10.0 Å². The van der Waals surface area contributed by atoms with E-state index in [1.54, 1.807) is 7.05 Å². The lowest BCUT2D eigenvalue weighted by Gasteiger charge is -2.20. The van der Waals surface area contributed by atoms with Crippen LogP contribution in [0.1, 0.15) is 16.1 Å². The number of sulfonamides is 1. The van der Waals surface area contributed by atoms with Crippen molar-refractivity contribution in [3.05, 3.63) is 17.0 Å². The van der Waals surface area contributed by atoms with Crippen LogP contribution in [-0.4, -0.2) is 62.4 Å². The summed E-state index contributed by atoms with van der Waals surface area (Å²) in [6.07, 6.45) is 0.987. The number of hydrogen-bond acceptors (Lipinski definition) is 5. The van der Waals surface area contributed by atoms with Crippen molar-refractivity contribution in [2.75, 3.05) is 33.7 Å². The molecule has 0 aromatic carbocycles. The second-order valence-electron chi connectivity index (χ2n) is 5.13. The Morgan fingerprint density at radius 1 is 1.55 bits per heavy atom. The molecule has 0 amide bonds. The molecule has 1 N–H and O–H groups in total. The van der Waals surface area contributed by atoms with Crippen LogP contribution in [0.15, 0.2) is 16.3 Å². The third-order valence-corrected chi connectivity index (χ3v) is 6.82. The Kier molecular flexibility index (Phi) is 4.48. The minimum Gasteiger partial charge on any atom is -0.477 e. The lowest BCUT2D eigenvalue weighted by atomic mass is 10.1. The minimum absolute atomic E-state index is 0.0394. The summed E-state index contributed by atoms with van der Waals surface area (Å²) >= 11 is 0.795. The Morgan fingerprint density at radius 2 is 2.25 bits per heavy atom. The van der Waals surface area contributed by atoms with Crippen molar-refractivity contribution in [3.8, 4) is 0 Å². The molecule has 0 radical (unpaired) electrons. The molecule has 0 bridgehead atoms. The number of carboxylic acid groups (broad SMARTS) is 1. The molecule has 8 heteroatoms. The number of rotatable bonds is 5. The highest BCUT2D eigenvalue weighted by Gasteiger charge is 2.28. The summed E-state index contributed by atoms with van der Waals surface area (Å²) in [5.74, 6) is -0.768. The monoisotopic (exact) mass is 318 g/mol. The molecule has 112 valence electrons. The molecular formula is C12H18N2O4S2. The Bertz CT molecular complexity index is 596. The molecule has 1 aromatic heterocycles. The zero-order valence-electron chi connectivity index (χ0n) is 11.4. The number of carboxylic acids is 1. The average molecular weight is 318 g/mol. The van der Waals surface area contributed by atoms with Crippen molar-refractivity contribution < 1.29 is 18.3 Å². The molecule has 1 aliphatic rings. The zero-order valence-corrected chi connectivity index (χ0v) is 13.1. The summed E-state index contributed by atoms with van der Waals surface area (Å²) < 4.78 is 26.1. The number of nitrogens with zero attached hydrogens (tertiary/aromatic N) is 2. The van der Waals surface area contributed by atoms with Crippen molar-refractivity contribution in [1.82, 2.24) is 9.21 Å². The first-order valence-electron chi connectivity index (χ1n) is 6.28. The number of carbonyl (C=O) groups is 1. The van der Waals surface area contributed by atoms with Crippen LogP contribution < -0.4 is 0 Å². The third-order valence-electron chi connectivity index (χ3n) is 3.46. The highest BCUT2D eigenvalue weighted by atomic mass is 32.2. The van der Waals surface area contributed by atoms with E-state index >= 15 is 0 Å². The maximum atomic E-state index is 12.4. The molecule has 1 fully saturated rings. The number of hydrogen-bond donors (Lipinski definition) is 1. The van der Waals surface area contributed by atoms with Crippen LogP contribution in [0.4, 0.5) is 0 Å². The minimum atomic E-state index is -3.59. The van der Waals surface area contributed by atoms with Crippen molar-refractivity contribution >= 4 is 27.3 Å². The first-order valence-corrected chi connectivity index (χ1v) is 8.54. The van der Waals surface area contributed by atoms with Crippen molar-refractivity contribution in [2.45, 2.75) is 10.6 Å². The van der Waals surface area contributed by atoms with E-state index in [9.17, 15) is 13.2 Å². The molecule has 2 rings (SSSR count). The van der Waals surface area contributed by atoms with Gasteiger partial charge in [0.15, 0.2) is 0 Å². The molecule has 0 spiro atoms. The maximum Gasteiger partial charge on any atom is 0.345 e. The molecule has 1 atom stereocenters.